The Bertz CT molecular complexity index is 3580. The van der Waals surface area contributed by atoms with Gasteiger partial charge in [-0.25, -0.2) is 0 Å². The normalized spacial score (nSPS) is 12.2. The molecule has 70 heavy (non-hydrogen) atoms. The van der Waals surface area contributed by atoms with Crippen LogP contribution in [0, 0.1) is 0 Å². The first-order chi connectivity index (χ1) is 34.5. The van der Waals surface area contributed by atoms with Crippen molar-refractivity contribution in [2.24, 2.45) is 0 Å². The predicted octanol–water partition coefficient (Wildman–Crippen LogP) is 17.8. The second-order valence-electron chi connectivity index (χ2n) is 17.6. The van der Waals surface area contributed by atoms with E-state index in [1.807, 2.05) is 24.3 Å². The fourth-order valence-electron chi connectivity index (χ4n) is 9.50. The molecule has 0 aliphatic rings. The highest BCUT2D eigenvalue weighted by Gasteiger charge is 2.12. The number of methoxy groups -OCH3 is 2. The Morgan fingerprint density at radius 2 is 0.571 bits per heavy atom. The summed E-state index contributed by atoms with van der Waals surface area (Å²) < 4.78 is 11.1. The van der Waals surface area contributed by atoms with Crippen molar-refractivity contribution in [3.63, 3.8) is 0 Å². The zero-order valence-electron chi connectivity index (χ0n) is 39.2. The molecule has 0 radical (unpaired) electrons. The summed E-state index contributed by atoms with van der Waals surface area (Å²) in [4.78, 5) is 0. The van der Waals surface area contributed by atoms with Gasteiger partial charge in [0.2, 0.25) is 0 Å². The maximum absolute atomic E-state index is 5.56. The van der Waals surface area contributed by atoms with Gasteiger partial charge in [-0.1, -0.05) is 194 Å². The fourth-order valence-corrected chi connectivity index (χ4v) is 9.50. The number of rotatable bonds is 12. The number of fused-ring (bicyclic) bond motifs is 4. The average molecular weight is 899 g/mol. The molecule has 0 N–H and O–H groups in total. The lowest BCUT2D eigenvalue weighted by Gasteiger charge is -2.13. The lowest BCUT2D eigenvalue weighted by Crippen LogP contribution is -1.91. The zero-order chi connectivity index (χ0) is 47.2. The molecular weight excluding hydrogens is 849 g/mol. The van der Waals surface area contributed by atoms with Crippen molar-refractivity contribution in [2.75, 3.05) is 14.2 Å². The van der Waals surface area contributed by atoms with Gasteiger partial charge >= 0.3 is 0 Å². The third-order valence-corrected chi connectivity index (χ3v) is 13.3. The van der Waals surface area contributed by atoms with Crippen molar-refractivity contribution in [3.05, 3.63) is 286 Å². The van der Waals surface area contributed by atoms with Crippen LogP contribution in [0.5, 0.6) is 11.5 Å². The predicted molar refractivity (Wildman–Crippen MR) is 300 cm³/mol. The quantitative estimate of drug-likeness (QED) is 0.0898. The van der Waals surface area contributed by atoms with E-state index in [-0.39, 0.29) is 0 Å². The van der Waals surface area contributed by atoms with Gasteiger partial charge in [0.05, 0.1) is 14.2 Å². The molecule has 334 valence electrons. The van der Waals surface area contributed by atoms with Gasteiger partial charge in [-0.3, -0.25) is 0 Å². The van der Waals surface area contributed by atoms with Gasteiger partial charge < -0.3 is 9.47 Å². The van der Waals surface area contributed by atoms with Crippen molar-refractivity contribution in [2.45, 2.75) is 0 Å². The molecule has 0 saturated carbocycles. The summed E-state index contributed by atoms with van der Waals surface area (Å²) in [6.07, 6.45) is 13.7. The Morgan fingerprint density at radius 3 is 0.957 bits per heavy atom. The minimum absolute atomic E-state index is 0.831. The van der Waals surface area contributed by atoms with E-state index in [0.717, 1.165) is 78.3 Å². The highest BCUT2D eigenvalue weighted by Crippen LogP contribution is 2.35. The molecule has 0 aliphatic heterocycles. The molecule has 0 atom stereocenters. The Balaban J connectivity index is 1.01. The first-order valence-electron chi connectivity index (χ1n) is 23.8. The van der Waals surface area contributed by atoms with E-state index in [1.54, 1.807) is 14.2 Å². The summed E-state index contributed by atoms with van der Waals surface area (Å²) in [5.41, 5.74) is 13.6. The van der Waals surface area contributed by atoms with Crippen molar-refractivity contribution >= 4 is 90.7 Å². The van der Waals surface area contributed by atoms with E-state index in [2.05, 4.69) is 243 Å². The lowest BCUT2D eigenvalue weighted by molar-refractivity contribution is 0.414. The molecule has 0 aromatic heterocycles. The molecule has 0 aliphatic carbocycles. The van der Waals surface area contributed by atoms with Crippen LogP contribution in [0.25, 0.3) is 90.7 Å². The van der Waals surface area contributed by atoms with Gasteiger partial charge in [0.15, 0.2) is 0 Å². The van der Waals surface area contributed by atoms with Crippen LogP contribution in [0.1, 0.15) is 55.6 Å². The van der Waals surface area contributed by atoms with Crippen molar-refractivity contribution in [1.82, 2.24) is 0 Å². The van der Waals surface area contributed by atoms with Crippen LogP contribution < -0.4 is 9.47 Å². The standard InChI is InChI=1S/C68H50O2/c1-69-65-35-31-51(32-36-65)67(61-29-25-47-13-3-7-17-53(47)39-61)45-57-21-9-5-15-49(57)23-27-59-43-63-41-55-19-11-12-20-56(55)42-64(63)44-60(59)28-24-50-16-6-10-22-58(50)46-68(52-33-37-66(70-2)38-34-52)62-30-26-48-14-4-8-18-54(48)40-62/h3-46H,1-2H3/b27-23?,28-24?,67-45+,68-46+. The number of benzene rings is 11. The molecule has 0 fully saturated rings. The Kier molecular flexibility index (Phi) is 12.3. The zero-order valence-corrected chi connectivity index (χ0v) is 39.2. The topological polar surface area (TPSA) is 18.5 Å². The van der Waals surface area contributed by atoms with E-state index < -0.39 is 0 Å². The molecule has 11 rings (SSSR count). The monoisotopic (exact) mass is 898 g/mol. The molecule has 0 saturated heterocycles. The van der Waals surface area contributed by atoms with Gasteiger partial charge in [-0.05, 0) is 183 Å². The molecule has 0 bridgehead atoms. The molecule has 0 unspecified atom stereocenters. The Labute approximate surface area is 410 Å². The van der Waals surface area contributed by atoms with Crippen molar-refractivity contribution in [1.29, 1.82) is 0 Å². The smallest absolute Gasteiger partial charge is 0.118 e. The number of hydrogen-bond donors (Lipinski definition) is 0. The molecule has 0 spiro atoms. The van der Waals surface area contributed by atoms with Gasteiger partial charge in [0.25, 0.3) is 0 Å². The summed E-state index contributed by atoms with van der Waals surface area (Å²) in [5, 5.41) is 9.70. The highest BCUT2D eigenvalue weighted by molar-refractivity contribution is 6.02. The minimum Gasteiger partial charge on any atom is -0.497 e. The third kappa shape index (κ3) is 9.32. The minimum atomic E-state index is 0.831. The molecule has 11 aromatic carbocycles. The fraction of sp³-hybridized carbons (Fsp3) is 0.0294. The SMILES string of the molecule is COc1ccc(/C(=C\c2ccccc2C=Cc2cc3cc4ccccc4cc3cc2C=Cc2ccccc2/C=C(\c2ccc(OC)cc2)c2ccc3ccccc3c2)c2ccc3ccccc3c2)cc1. The largest absolute Gasteiger partial charge is 0.497 e. The number of hydrogen-bond acceptors (Lipinski definition) is 2. The van der Waals surface area contributed by atoms with Crippen LogP contribution >= 0.6 is 0 Å². The first-order valence-corrected chi connectivity index (χ1v) is 23.8. The molecule has 2 nitrogen and oxygen atoms in total. The van der Waals surface area contributed by atoms with Crippen molar-refractivity contribution in [3.8, 4) is 11.5 Å². The van der Waals surface area contributed by atoms with Crippen LogP contribution in [0.3, 0.4) is 0 Å². The van der Waals surface area contributed by atoms with E-state index in [1.165, 1.54) is 43.1 Å². The Hall–Kier alpha value is -8.98. The van der Waals surface area contributed by atoms with E-state index in [9.17, 15) is 0 Å². The maximum Gasteiger partial charge on any atom is 0.118 e. The third-order valence-electron chi connectivity index (χ3n) is 13.3. The van der Waals surface area contributed by atoms with Crippen molar-refractivity contribution < 1.29 is 9.47 Å². The van der Waals surface area contributed by atoms with Crippen LogP contribution in [0.2, 0.25) is 0 Å². The molecule has 2 heteroatoms. The maximum atomic E-state index is 5.56. The second-order valence-corrected chi connectivity index (χ2v) is 17.6. The summed E-state index contributed by atoms with van der Waals surface area (Å²) in [6.45, 7) is 0. The van der Waals surface area contributed by atoms with E-state index >= 15 is 0 Å². The first kappa shape index (κ1) is 43.6. The van der Waals surface area contributed by atoms with Gasteiger partial charge in [-0.2, -0.15) is 0 Å². The average Bonchev–Trinajstić information content (AvgIpc) is 3.42. The van der Waals surface area contributed by atoms with Crippen LogP contribution in [0.15, 0.2) is 231 Å². The molecule has 0 heterocycles. The Morgan fingerprint density at radius 1 is 0.257 bits per heavy atom. The van der Waals surface area contributed by atoms with Gasteiger partial charge in [0.1, 0.15) is 11.5 Å². The van der Waals surface area contributed by atoms with Crippen LogP contribution in [-0.4, -0.2) is 14.2 Å². The summed E-state index contributed by atoms with van der Waals surface area (Å²) in [5.74, 6) is 1.66. The molecule has 0 amide bonds. The molecular formula is C68H50O2. The summed E-state index contributed by atoms with van der Waals surface area (Å²) in [7, 11) is 3.42. The molecule has 11 aromatic rings. The van der Waals surface area contributed by atoms with E-state index in [4.69, 9.17) is 9.47 Å². The highest BCUT2D eigenvalue weighted by atomic mass is 16.5. The van der Waals surface area contributed by atoms with Crippen LogP contribution in [0.4, 0.5) is 0 Å². The van der Waals surface area contributed by atoms with Crippen LogP contribution in [-0.2, 0) is 0 Å². The van der Waals surface area contributed by atoms with Gasteiger partial charge in [-0.15, -0.1) is 0 Å². The summed E-state index contributed by atoms with van der Waals surface area (Å²) in [6, 6.07) is 82.5. The second kappa shape index (κ2) is 19.7. The number of ether oxygens (including phenoxy) is 2. The van der Waals surface area contributed by atoms with E-state index in [0.29, 0.717) is 0 Å². The lowest BCUT2D eigenvalue weighted by atomic mass is 9.92. The van der Waals surface area contributed by atoms with Gasteiger partial charge in [0, 0.05) is 0 Å². The summed E-state index contributed by atoms with van der Waals surface area (Å²) >= 11 is 0.